The van der Waals surface area contributed by atoms with Crippen LogP contribution in [0, 0.1) is 0 Å². The molecule has 0 atom stereocenters. The third kappa shape index (κ3) is 6.69. The minimum atomic E-state index is -2.63. The minimum absolute atomic E-state index is 0.149. The van der Waals surface area contributed by atoms with Gasteiger partial charge in [-0.3, -0.25) is 4.79 Å². The largest absolute Gasteiger partial charge is 0.471 e. The summed E-state index contributed by atoms with van der Waals surface area (Å²) in [5, 5.41) is 2.40. The third-order valence-corrected chi connectivity index (χ3v) is 2.72. The summed E-state index contributed by atoms with van der Waals surface area (Å²) in [5.41, 5.74) is 0.863. The maximum atomic E-state index is 12.5. The highest BCUT2D eigenvalue weighted by atomic mass is 19.3. The number of carbonyl (C=O) groups is 2. The van der Waals surface area contributed by atoms with Crippen molar-refractivity contribution in [2.45, 2.75) is 31.4 Å². The first-order valence-corrected chi connectivity index (χ1v) is 6.28. The second-order valence-corrected chi connectivity index (χ2v) is 4.50. The van der Waals surface area contributed by atoms with Gasteiger partial charge in [-0.1, -0.05) is 30.3 Å². The number of benzene rings is 1. The number of methoxy groups -OCH3 is 1. The number of alkyl halides is 2. The normalized spacial score (nSPS) is 15.8. The van der Waals surface area contributed by atoms with Gasteiger partial charge in [-0.05, 0) is 5.56 Å². The molecular formula is C14H17F2NO4. The summed E-state index contributed by atoms with van der Waals surface area (Å²) in [6.45, 7) is 0.524. The van der Waals surface area contributed by atoms with Gasteiger partial charge in [-0.15, -0.1) is 0 Å². The van der Waals surface area contributed by atoms with Gasteiger partial charge >= 0.3 is 6.09 Å². The lowest BCUT2D eigenvalue weighted by Gasteiger charge is -2.34. The third-order valence-electron chi connectivity index (χ3n) is 2.72. The van der Waals surface area contributed by atoms with Gasteiger partial charge in [0.25, 0.3) is 12.4 Å². The zero-order valence-corrected chi connectivity index (χ0v) is 11.6. The SMILES string of the molecule is COC=O.O=C(NC1CC(F)(F)C1)OCc1ccccc1. The van der Waals surface area contributed by atoms with Gasteiger partial charge in [-0.25, -0.2) is 13.6 Å². The summed E-state index contributed by atoms with van der Waals surface area (Å²) in [4.78, 5) is 20.2. The van der Waals surface area contributed by atoms with E-state index in [1.807, 2.05) is 30.3 Å². The summed E-state index contributed by atoms with van der Waals surface area (Å²) >= 11 is 0. The number of hydrogen-bond acceptors (Lipinski definition) is 4. The lowest BCUT2D eigenvalue weighted by atomic mass is 9.88. The van der Waals surface area contributed by atoms with Crippen LogP contribution in [0.5, 0.6) is 0 Å². The molecule has 1 N–H and O–H groups in total. The Kier molecular flexibility index (Phi) is 6.58. The first-order chi connectivity index (χ1) is 9.96. The fourth-order valence-electron chi connectivity index (χ4n) is 1.69. The van der Waals surface area contributed by atoms with Crippen LogP contribution >= 0.6 is 0 Å². The number of hydrogen-bond donors (Lipinski definition) is 1. The van der Waals surface area contributed by atoms with Crippen molar-refractivity contribution in [1.82, 2.24) is 5.32 Å². The van der Waals surface area contributed by atoms with E-state index in [0.717, 1.165) is 5.56 Å². The van der Waals surface area contributed by atoms with E-state index in [4.69, 9.17) is 9.53 Å². The number of nitrogens with one attached hydrogen (secondary N) is 1. The molecule has 0 unspecified atom stereocenters. The van der Waals surface area contributed by atoms with Gasteiger partial charge in [0.15, 0.2) is 0 Å². The molecular weight excluding hydrogens is 284 g/mol. The van der Waals surface area contributed by atoms with E-state index in [0.29, 0.717) is 6.47 Å². The first-order valence-electron chi connectivity index (χ1n) is 6.28. The summed E-state index contributed by atoms with van der Waals surface area (Å²) in [7, 11) is 1.31. The van der Waals surface area contributed by atoms with Crippen molar-refractivity contribution in [3.8, 4) is 0 Å². The number of rotatable bonds is 4. The van der Waals surface area contributed by atoms with Crippen molar-refractivity contribution in [3.05, 3.63) is 35.9 Å². The van der Waals surface area contributed by atoms with E-state index < -0.39 is 18.1 Å². The Balaban J connectivity index is 0.000000491. The van der Waals surface area contributed by atoms with Crippen LogP contribution in [0.3, 0.4) is 0 Å². The molecule has 1 aliphatic rings. The van der Waals surface area contributed by atoms with Crippen molar-refractivity contribution in [3.63, 3.8) is 0 Å². The van der Waals surface area contributed by atoms with Crippen molar-refractivity contribution >= 4 is 12.6 Å². The molecule has 0 aromatic heterocycles. The average molecular weight is 301 g/mol. The number of halogens is 2. The molecule has 1 fully saturated rings. The van der Waals surface area contributed by atoms with Crippen molar-refractivity contribution in [2.75, 3.05) is 7.11 Å². The van der Waals surface area contributed by atoms with E-state index in [1.54, 1.807) is 0 Å². The highest BCUT2D eigenvalue weighted by molar-refractivity contribution is 5.67. The monoisotopic (exact) mass is 301 g/mol. The summed E-state index contributed by atoms with van der Waals surface area (Å²) in [5.74, 6) is -2.63. The van der Waals surface area contributed by atoms with Crippen LogP contribution in [0.15, 0.2) is 30.3 Å². The van der Waals surface area contributed by atoms with Crippen LogP contribution < -0.4 is 5.32 Å². The summed E-state index contributed by atoms with van der Waals surface area (Å²) in [6.07, 6.45) is -1.24. The minimum Gasteiger partial charge on any atom is -0.471 e. The topological polar surface area (TPSA) is 64.6 Å². The van der Waals surface area contributed by atoms with Gasteiger partial charge in [0.1, 0.15) is 6.61 Å². The fraction of sp³-hybridized carbons (Fsp3) is 0.429. The van der Waals surface area contributed by atoms with Crippen molar-refractivity contribution in [2.24, 2.45) is 0 Å². The predicted octanol–water partition coefficient (Wildman–Crippen LogP) is 2.50. The number of carbonyl (C=O) groups excluding carboxylic acids is 2. The molecule has 0 bridgehead atoms. The quantitative estimate of drug-likeness (QED) is 0.868. The van der Waals surface area contributed by atoms with Crippen LogP contribution in [0.4, 0.5) is 13.6 Å². The second kappa shape index (κ2) is 8.18. The molecule has 7 heteroatoms. The molecule has 0 saturated heterocycles. The Morgan fingerprint density at radius 2 is 1.95 bits per heavy atom. The Hall–Kier alpha value is -2.18. The molecule has 1 saturated carbocycles. The zero-order chi connectivity index (χ0) is 15.7. The van der Waals surface area contributed by atoms with E-state index in [-0.39, 0.29) is 19.4 Å². The van der Waals surface area contributed by atoms with E-state index in [2.05, 4.69) is 10.1 Å². The highest BCUT2D eigenvalue weighted by Gasteiger charge is 2.46. The molecule has 1 aromatic rings. The molecule has 0 radical (unpaired) electrons. The van der Waals surface area contributed by atoms with Crippen LogP contribution in [0.25, 0.3) is 0 Å². The maximum absolute atomic E-state index is 12.5. The van der Waals surface area contributed by atoms with Crippen LogP contribution in [0.1, 0.15) is 18.4 Å². The Bertz CT molecular complexity index is 446. The standard InChI is InChI=1S/C12H13F2NO2.C2H4O2/c13-12(14)6-10(7-12)15-11(16)17-8-9-4-2-1-3-5-9;1-4-2-3/h1-5,10H,6-8H2,(H,15,16);2H,1H3. The van der Waals surface area contributed by atoms with E-state index in [1.165, 1.54) is 7.11 Å². The molecule has 1 aliphatic carbocycles. The molecule has 116 valence electrons. The lowest BCUT2D eigenvalue weighted by molar-refractivity contribution is -0.126. The van der Waals surface area contributed by atoms with Crippen LogP contribution in [-0.2, 0) is 20.9 Å². The number of alkyl carbamates (subject to hydrolysis) is 1. The lowest BCUT2D eigenvalue weighted by Crippen LogP contribution is -2.50. The van der Waals surface area contributed by atoms with Crippen molar-refractivity contribution < 1.29 is 27.8 Å². The van der Waals surface area contributed by atoms with Crippen LogP contribution in [-0.4, -0.2) is 31.6 Å². The van der Waals surface area contributed by atoms with Gasteiger partial charge in [0, 0.05) is 18.9 Å². The zero-order valence-electron chi connectivity index (χ0n) is 11.6. The second-order valence-electron chi connectivity index (χ2n) is 4.50. The summed E-state index contributed by atoms with van der Waals surface area (Å²) in [6, 6.07) is 8.72. The molecule has 0 heterocycles. The first kappa shape index (κ1) is 16.9. The van der Waals surface area contributed by atoms with Gasteiger partial charge in [-0.2, -0.15) is 0 Å². The Morgan fingerprint density at radius 3 is 2.43 bits per heavy atom. The van der Waals surface area contributed by atoms with Gasteiger partial charge in [0.05, 0.1) is 7.11 Å². The molecule has 0 aliphatic heterocycles. The molecule has 5 nitrogen and oxygen atoms in total. The highest BCUT2D eigenvalue weighted by Crippen LogP contribution is 2.37. The smallest absolute Gasteiger partial charge is 0.407 e. The fourth-order valence-corrected chi connectivity index (χ4v) is 1.69. The number of ether oxygens (including phenoxy) is 2. The molecule has 1 amide bonds. The molecule has 0 spiro atoms. The average Bonchev–Trinajstić information content (AvgIpc) is 2.44. The predicted molar refractivity (Wildman–Crippen MR) is 70.8 cm³/mol. The van der Waals surface area contributed by atoms with E-state index >= 15 is 0 Å². The van der Waals surface area contributed by atoms with E-state index in [9.17, 15) is 13.6 Å². The van der Waals surface area contributed by atoms with Crippen molar-refractivity contribution in [1.29, 1.82) is 0 Å². The molecule has 21 heavy (non-hydrogen) atoms. The molecule has 1 aromatic carbocycles. The Labute approximate surface area is 121 Å². The maximum Gasteiger partial charge on any atom is 0.407 e. The number of amides is 1. The van der Waals surface area contributed by atoms with Crippen LogP contribution in [0.2, 0.25) is 0 Å². The molecule has 2 rings (SSSR count). The summed E-state index contributed by atoms with van der Waals surface area (Å²) < 4.78 is 33.8. The van der Waals surface area contributed by atoms with Gasteiger partial charge < -0.3 is 14.8 Å². The van der Waals surface area contributed by atoms with Gasteiger partial charge in [0.2, 0.25) is 0 Å². The Morgan fingerprint density at radius 1 is 1.38 bits per heavy atom.